The average molecular weight is 420 g/mol. The van der Waals surface area contributed by atoms with E-state index in [0.717, 1.165) is 11.4 Å². The number of anilines is 2. The van der Waals surface area contributed by atoms with Crippen LogP contribution in [0.25, 0.3) is 0 Å². The highest BCUT2D eigenvalue weighted by Gasteiger charge is 2.19. The van der Waals surface area contributed by atoms with Gasteiger partial charge in [-0.1, -0.05) is 18.2 Å². The van der Waals surface area contributed by atoms with E-state index in [2.05, 4.69) is 10.3 Å². The lowest BCUT2D eigenvalue weighted by molar-refractivity contribution is 0.0987. The van der Waals surface area contributed by atoms with Gasteiger partial charge in [-0.3, -0.25) is 14.6 Å². The molecule has 0 aliphatic carbocycles. The Hall–Kier alpha value is -3.29. The zero-order valence-electron chi connectivity index (χ0n) is 15.3. The number of carbonyl (C=O) groups is 2. The number of hydrogen-bond donors (Lipinski definition) is 1. The number of amides is 2. The molecule has 0 atom stereocenters. The highest BCUT2D eigenvalue weighted by Crippen LogP contribution is 2.24. The van der Waals surface area contributed by atoms with Crippen molar-refractivity contribution in [1.29, 1.82) is 0 Å². The van der Waals surface area contributed by atoms with Crippen LogP contribution in [0.4, 0.5) is 11.4 Å². The van der Waals surface area contributed by atoms with Gasteiger partial charge in [-0.25, -0.2) is 0 Å². The van der Waals surface area contributed by atoms with E-state index in [1.54, 1.807) is 29.3 Å². The van der Waals surface area contributed by atoms with E-state index in [0.29, 0.717) is 22.0 Å². The van der Waals surface area contributed by atoms with Crippen molar-refractivity contribution in [1.82, 2.24) is 4.98 Å². The Morgan fingerprint density at radius 3 is 2.21 bits per heavy atom. The van der Waals surface area contributed by atoms with Gasteiger partial charge in [0.05, 0.1) is 22.0 Å². The van der Waals surface area contributed by atoms with Crippen molar-refractivity contribution in [3.8, 4) is 0 Å². The maximum Gasteiger partial charge on any atom is 0.268 e. The second-order valence-corrected chi connectivity index (χ2v) is 8.06. The SMILES string of the molecule is O=C(Nc1ccc(N(Cc2ccccn2)C(=O)c2cccs2)cc1)c1cccs1. The van der Waals surface area contributed by atoms with Crippen LogP contribution in [-0.2, 0) is 6.54 Å². The summed E-state index contributed by atoms with van der Waals surface area (Å²) in [6.45, 7) is 0.360. The minimum atomic E-state index is -0.146. The summed E-state index contributed by atoms with van der Waals surface area (Å²) in [4.78, 5) is 32.7. The fourth-order valence-electron chi connectivity index (χ4n) is 2.79. The topological polar surface area (TPSA) is 62.3 Å². The monoisotopic (exact) mass is 419 g/mol. The number of benzene rings is 1. The second-order valence-electron chi connectivity index (χ2n) is 6.17. The van der Waals surface area contributed by atoms with Gasteiger partial charge in [0.25, 0.3) is 11.8 Å². The molecule has 4 aromatic rings. The summed E-state index contributed by atoms with van der Waals surface area (Å²) in [7, 11) is 0. The van der Waals surface area contributed by atoms with Crippen LogP contribution in [0.15, 0.2) is 83.7 Å². The summed E-state index contributed by atoms with van der Waals surface area (Å²) in [5.41, 5.74) is 2.21. The smallest absolute Gasteiger partial charge is 0.268 e. The maximum absolute atomic E-state index is 13.1. The lowest BCUT2D eigenvalue weighted by Crippen LogP contribution is -2.30. The number of rotatable bonds is 6. The molecular weight excluding hydrogens is 402 g/mol. The molecule has 5 nitrogen and oxygen atoms in total. The number of nitrogens with one attached hydrogen (secondary N) is 1. The number of nitrogens with zero attached hydrogens (tertiary/aromatic N) is 2. The van der Waals surface area contributed by atoms with Crippen molar-refractivity contribution < 1.29 is 9.59 Å². The molecule has 0 saturated heterocycles. The molecule has 1 aromatic carbocycles. The fourth-order valence-corrected chi connectivity index (χ4v) is 4.08. The largest absolute Gasteiger partial charge is 0.321 e. The Morgan fingerprint density at radius 1 is 0.862 bits per heavy atom. The van der Waals surface area contributed by atoms with Crippen LogP contribution in [0.3, 0.4) is 0 Å². The Bertz CT molecular complexity index is 1080. The van der Waals surface area contributed by atoms with Gasteiger partial charge >= 0.3 is 0 Å². The predicted octanol–water partition coefficient (Wildman–Crippen LogP) is 5.30. The van der Waals surface area contributed by atoms with Gasteiger partial charge in [0.15, 0.2) is 0 Å². The zero-order chi connectivity index (χ0) is 20.1. The Kier molecular flexibility index (Phi) is 5.79. The molecule has 3 heterocycles. The molecule has 144 valence electrons. The Labute approximate surface area is 176 Å². The average Bonchev–Trinajstić information content (AvgIpc) is 3.47. The van der Waals surface area contributed by atoms with Crippen LogP contribution >= 0.6 is 22.7 Å². The first-order valence-electron chi connectivity index (χ1n) is 8.91. The zero-order valence-corrected chi connectivity index (χ0v) is 17.0. The first-order chi connectivity index (χ1) is 14.2. The number of carbonyl (C=O) groups excluding carboxylic acids is 2. The van der Waals surface area contributed by atoms with Crippen molar-refractivity contribution in [2.75, 3.05) is 10.2 Å². The molecule has 0 aliphatic rings. The number of hydrogen-bond acceptors (Lipinski definition) is 5. The van der Waals surface area contributed by atoms with Crippen molar-refractivity contribution in [2.24, 2.45) is 0 Å². The molecule has 2 amide bonds. The van der Waals surface area contributed by atoms with Crippen molar-refractivity contribution in [3.05, 3.63) is 99.1 Å². The van der Waals surface area contributed by atoms with Crippen LogP contribution in [0, 0.1) is 0 Å². The maximum atomic E-state index is 13.1. The normalized spacial score (nSPS) is 10.5. The van der Waals surface area contributed by atoms with E-state index in [-0.39, 0.29) is 11.8 Å². The van der Waals surface area contributed by atoms with E-state index in [4.69, 9.17) is 0 Å². The molecule has 29 heavy (non-hydrogen) atoms. The predicted molar refractivity (Wildman–Crippen MR) is 118 cm³/mol. The van der Waals surface area contributed by atoms with Crippen LogP contribution in [0.2, 0.25) is 0 Å². The second kappa shape index (κ2) is 8.81. The molecule has 0 radical (unpaired) electrons. The minimum absolute atomic E-state index is 0.0824. The summed E-state index contributed by atoms with van der Waals surface area (Å²) < 4.78 is 0. The Morgan fingerprint density at radius 2 is 1.59 bits per heavy atom. The standard InChI is InChI=1S/C22H17N3O2S2/c26-21(19-6-3-13-28-19)24-16-8-10-18(11-9-16)25(15-17-5-1-2-12-23-17)22(27)20-7-4-14-29-20/h1-14H,15H2,(H,24,26). The molecule has 1 N–H and O–H groups in total. The molecule has 0 saturated carbocycles. The minimum Gasteiger partial charge on any atom is -0.321 e. The van der Waals surface area contributed by atoms with Gasteiger partial charge in [-0.15, -0.1) is 22.7 Å². The van der Waals surface area contributed by atoms with Crippen LogP contribution in [0.5, 0.6) is 0 Å². The molecule has 0 unspecified atom stereocenters. The Balaban J connectivity index is 1.57. The third-order valence-electron chi connectivity index (χ3n) is 4.21. The first-order valence-corrected chi connectivity index (χ1v) is 10.7. The van der Waals surface area contributed by atoms with Crippen molar-refractivity contribution >= 4 is 45.9 Å². The van der Waals surface area contributed by atoms with Gasteiger partial charge in [-0.05, 0) is 59.3 Å². The quantitative estimate of drug-likeness (QED) is 0.461. The van der Waals surface area contributed by atoms with Crippen LogP contribution < -0.4 is 10.2 Å². The lowest BCUT2D eigenvalue weighted by Gasteiger charge is -2.22. The van der Waals surface area contributed by atoms with Gasteiger partial charge < -0.3 is 10.2 Å². The van der Waals surface area contributed by atoms with E-state index in [1.165, 1.54) is 22.7 Å². The summed E-state index contributed by atoms with van der Waals surface area (Å²) in [5.74, 6) is -0.228. The third kappa shape index (κ3) is 4.59. The number of aromatic nitrogens is 1. The highest BCUT2D eigenvalue weighted by molar-refractivity contribution is 7.12. The fraction of sp³-hybridized carbons (Fsp3) is 0.0455. The highest BCUT2D eigenvalue weighted by atomic mass is 32.1. The lowest BCUT2D eigenvalue weighted by atomic mass is 10.2. The summed E-state index contributed by atoms with van der Waals surface area (Å²) >= 11 is 2.80. The first kappa shape index (κ1) is 19.0. The van der Waals surface area contributed by atoms with Gasteiger partial charge in [0.2, 0.25) is 0 Å². The van der Waals surface area contributed by atoms with Crippen LogP contribution in [-0.4, -0.2) is 16.8 Å². The number of pyridine rings is 1. The van der Waals surface area contributed by atoms with Gasteiger partial charge in [0, 0.05) is 17.6 Å². The van der Waals surface area contributed by atoms with Crippen molar-refractivity contribution in [2.45, 2.75) is 6.54 Å². The molecule has 3 aromatic heterocycles. The molecule has 0 aliphatic heterocycles. The van der Waals surface area contributed by atoms with Crippen molar-refractivity contribution in [3.63, 3.8) is 0 Å². The van der Waals surface area contributed by atoms with Crippen LogP contribution in [0.1, 0.15) is 25.0 Å². The third-order valence-corrected chi connectivity index (χ3v) is 5.93. The number of thiophene rings is 2. The van der Waals surface area contributed by atoms with E-state index in [1.807, 2.05) is 59.3 Å². The molecule has 0 fully saturated rings. The molecule has 4 rings (SSSR count). The molecular formula is C22H17N3O2S2. The molecule has 0 spiro atoms. The molecule has 7 heteroatoms. The summed E-state index contributed by atoms with van der Waals surface area (Å²) in [5, 5.41) is 6.62. The molecule has 0 bridgehead atoms. The van der Waals surface area contributed by atoms with E-state index in [9.17, 15) is 9.59 Å². The summed E-state index contributed by atoms with van der Waals surface area (Å²) in [6.07, 6.45) is 1.71. The van der Waals surface area contributed by atoms with Gasteiger partial charge in [0.1, 0.15) is 0 Å². The van der Waals surface area contributed by atoms with E-state index < -0.39 is 0 Å². The van der Waals surface area contributed by atoms with Gasteiger partial charge in [-0.2, -0.15) is 0 Å². The van der Waals surface area contributed by atoms with E-state index >= 15 is 0 Å². The summed E-state index contributed by atoms with van der Waals surface area (Å²) in [6, 6.07) is 20.2.